The quantitative estimate of drug-likeness (QED) is 0.794. The van der Waals surface area contributed by atoms with Crippen molar-refractivity contribution in [2.75, 3.05) is 13.7 Å². The van der Waals surface area contributed by atoms with Crippen molar-refractivity contribution in [1.82, 2.24) is 15.1 Å². The number of nitrogens with zero attached hydrogens (tertiary/aromatic N) is 2. The minimum Gasteiger partial charge on any atom is -0.383 e. The Morgan fingerprint density at radius 1 is 1.40 bits per heavy atom. The van der Waals surface area contributed by atoms with E-state index in [-0.39, 0.29) is 5.91 Å². The molecular weight excluding hydrogens is 254 g/mol. The molecule has 1 heterocycles. The molecule has 5 heteroatoms. The van der Waals surface area contributed by atoms with Crippen molar-refractivity contribution in [1.29, 1.82) is 0 Å². The topological polar surface area (TPSA) is 56.1 Å². The molecule has 0 radical (unpaired) electrons. The highest BCUT2D eigenvalue weighted by Crippen LogP contribution is 2.13. The molecule has 1 N–H and O–H groups in total. The van der Waals surface area contributed by atoms with Crippen molar-refractivity contribution in [2.45, 2.75) is 53.6 Å². The minimum atomic E-state index is 0.113. The van der Waals surface area contributed by atoms with Crippen LogP contribution in [0.3, 0.4) is 0 Å². The fourth-order valence-corrected chi connectivity index (χ4v) is 2.08. The highest BCUT2D eigenvalue weighted by molar-refractivity contribution is 5.75. The molecule has 0 aromatic carbocycles. The first-order valence-corrected chi connectivity index (χ1v) is 7.24. The van der Waals surface area contributed by atoms with Crippen LogP contribution in [0.1, 0.15) is 43.6 Å². The average molecular weight is 281 g/mol. The standard InChI is InChI=1S/C15H27N3O2/c1-11(2)6-7-15(19)16-10-14-12(3)17-18(13(14)4)8-9-20-5/h11H,6-10H2,1-5H3,(H,16,19). The van der Waals surface area contributed by atoms with E-state index in [1.165, 1.54) is 0 Å². The molecule has 0 saturated heterocycles. The van der Waals surface area contributed by atoms with Gasteiger partial charge in [0.05, 0.1) is 18.8 Å². The van der Waals surface area contributed by atoms with E-state index in [1.54, 1.807) is 7.11 Å². The van der Waals surface area contributed by atoms with Gasteiger partial charge >= 0.3 is 0 Å². The normalized spacial score (nSPS) is 11.1. The SMILES string of the molecule is COCCn1nc(C)c(CNC(=O)CCC(C)C)c1C. The Kier molecular flexibility index (Phi) is 6.71. The van der Waals surface area contributed by atoms with E-state index in [4.69, 9.17) is 4.74 Å². The molecule has 1 aromatic heterocycles. The Hall–Kier alpha value is -1.36. The maximum atomic E-state index is 11.8. The number of amides is 1. The van der Waals surface area contributed by atoms with Crippen molar-refractivity contribution in [3.05, 3.63) is 17.0 Å². The van der Waals surface area contributed by atoms with Crippen LogP contribution in [-0.4, -0.2) is 29.4 Å². The average Bonchev–Trinajstić information content (AvgIpc) is 2.66. The summed E-state index contributed by atoms with van der Waals surface area (Å²) in [5.74, 6) is 0.670. The summed E-state index contributed by atoms with van der Waals surface area (Å²) < 4.78 is 7.01. The summed E-state index contributed by atoms with van der Waals surface area (Å²) in [5.41, 5.74) is 3.19. The number of ether oxygens (including phenoxy) is 1. The van der Waals surface area contributed by atoms with Crippen LogP contribution in [0.4, 0.5) is 0 Å². The van der Waals surface area contributed by atoms with Gasteiger partial charge in [-0.1, -0.05) is 13.8 Å². The van der Waals surface area contributed by atoms with E-state index in [9.17, 15) is 4.79 Å². The minimum absolute atomic E-state index is 0.113. The Bertz CT molecular complexity index is 439. The van der Waals surface area contributed by atoms with Gasteiger partial charge in [-0.25, -0.2) is 0 Å². The number of methoxy groups -OCH3 is 1. The number of aromatic nitrogens is 2. The summed E-state index contributed by atoms with van der Waals surface area (Å²) in [6.07, 6.45) is 1.52. The zero-order valence-corrected chi connectivity index (χ0v) is 13.3. The van der Waals surface area contributed by atoms with E-state index in [0.717, 1.165) is 29.9 Å². The molecule has 1 rings (SSSR count). The molecule has 0 saturated carbocycles. The van der Waals surface area contributed by atoms with Crippen LogP contribution >= 0.6 is 0 Å². The molecule has 20 heavy (non-hydrogen) atoms. The van der Waals surface area contributed by atoms with Gasteiger partial charge in [0.2, 0.25) is 5.91 Å². The van der Waals surface area contributed by atoms with Crippen molar-refractivity contribution >= 4 is 5.91 Å². The Balaban J connectivity index is 2.55. The van der Waals surface area contributed by atoms with Crippen molar-refractivity contribution in [3.63, 3.8) is 0 Å². The second-order valence-corrected chi connectivity index (χ2v) is 5.57. The number of aryl methyl sites for hydroxylation is 1. The van der Waals surface area contributed by atoms with Gasteiger partial charge in [0.1, 0.15) is 0 Å². The Labute approximate surface area is 121 Å². The Morgan fingerprint density at radius 3 is 2.70 bits per heavy atom. The molecule has 0 aliphatic rings. The number of hydrogen-bond donors (Lipinski definition) is 1. The monoisotopic (exact) mass is 281 g/mol. The molecular formula is C15H27N3O2. The van der Waals surface area contributed by atoms with E-state index < -0.39 is 0 Å². The van der Waals surface area contributed by atoms with Crippen LogP contribution in [0.15, 0.2) is 0 Å². The number of carbonyl (C=O) groups is 1. The third-order valence-electron chi connectivity index (χ3n) is 3.45. The van der Waals surface area contributed by atoms with Gasteiger partial charge in [0.25, 0.3) is 0 Å². The fraction of sp³-hybridized carbons (Fsp3) is 0.733. The number of rotatable bonds is 8. The highest BCUT2D eigenvalue weighted by Gasteiger charge is 2.12. The van der Waals surface area contributed by atoms with Crippen molar-refractivity contribution in [2.24, 2.45) is 5.92 Å². The summed E-state index contributed by atoms with van der Waals surface area (Å²) in [5, 5.41) is 7.47. The van der Waals surface area contributed by atoms with Crippen LogP contribution in [0.5, 0.6) is 0 Å². The summed E-state index contributed by atoms with van der Waals surface area (Å²) in [6.45, 7) is 10.2. The van der Waals surface area contributed by atoms with E-state index >= 15 is 0 Å². The maximum Gasteiger partial charge on any atom is 0.220 e. The van der Waals surface area contributed by atoms with E-state index in [2.05, 4.69) is 24.3 Å². The first kappa shape index (κ1) is 16.7. The molecule has 0 spiro atoms. The summed E-state index contributed by atoms with van der Waals surface area (Å²) in [7, 11) is 1.68. The molecule has 0 atom stereocenters. The summed E-state index contributed by atoms with van der Waals surface area (Å²) in [4.78, 5) is 11.8. The molecule has 0 aliphatic carbocycles. The molecule has 5 nitrogen and oxygen atoms in total. The fourth-order valence-electron chi connectivity index (χ4n) is 2.08. The van der Waals surface area contributed by atoms with Gasteiger partial charge in [-0.2, -0.15) is 5.10 Å². The van der Waals surface area contributed by atoms with E-state index in [1.807, 2.05) is 18.5 Å². The van der Waals surface area contributed by atoms with Crippen molar-refractivity contribution < 1.29 is 9.53 Å². The van der Waals surface area contributed by atoms with Gasteiger partial charge < -0.3 is 10.1 Å². The molecule has 0 aliphatic heterocycles. The smallest absolute Gasteiger partial charge is 0.220 e. The molecule has 0 bridgehead atoms. The number of hydrogen-bond acceptors (Lipinski definition) is 3. The van der Waals surface area contributed by atoms with Crippen LogP contribution in [0.2, 0.25) is 0 Å². The highest BCUT2D eigenvalue weighted by atomic mass is 16.5. The molecule has 1 amide bonds. The lowest BCUT2D eigenvalue weighted by molar-refractivity contribution is -0.121. The van der Waals surface area contributed by atoms with Crippen LogP contribution < -0.4 is 5.32 Å². The molecule has 0 fully saturated rings. The predicted molar refractivity (Wildman–Crippen MR) is 79.5 cm³/mol. The lowest BCUT2D eigenvalue weighted by Gasteiger charge is -2.08. The second kappa shape index (κ2) is 8.04. The van der Waals surface area contributed by atoms with Gasteiger partial charge in [-0.05, 0) is 26.2 Å². The first-order valence-electron chi connectivity index (χ1n) is 7.24. The largest absolute Gasteiger partial charge is 0.383 e. The lowest BCUT2D eigenvalue weighted by Crippen LogP contribution is -2.23. The number of carbonyl (C=O) groups excluding carboxylic acids is 1. The first-order chi connectivity index (χ1) is 9.45. The van der Waals surface area contributed by atoms with Gasteiger partial charge in [-0.3, -0.25) is 9.48 Å². The van der Waals surface area contributed by atoms with Crippen molar-refractivity contribution in [3.8, 4) is 0 Å². The van der Waals surface area contributed by atoms with E-state index in [0.29, 0.717) is 25.5 Å². The van der Waals surface area contributed by atoms with Crippen LogP contribution in [0.25, 0.3) is 0 Å². The van der Waals surface area contributed by atoms with Gasteiger partial charge in [-0.15, -0.1) is 0 Å². The molecule has 0 unspecified atom stereocenters. The summed E-state index contributed by atoms with van der Waals surface area (Å²) >= 11 is 0. The van der Waals surface area contributed by atoms with Gasteiger partial charge in [0.15, 0.2) is 0 Å². The molecule has 1 aromatic rings. The lowest BCUT2D eigenvalue weighted by atomic mass is 10.1. The maximum absolute atomic E-state index is 11.8. The second-order valence-electron chi connectivity index (χ2n) is 5.57. The zero-order valence-electron chi connectivity index (χ0n) is 13.3. The van der Waals surface area contributed by atoms with Crippen LogP contribution in [-0.2, 0) is 22.6 Å². The third-order valence-corrected chi connectivity index (χ3v) is 3.45. The third kappa shape index (κ3) is 4.96. The van der Waals surface area contributed by atoms with Crippen LogP contribution in [0, 0.1) is 19.8 Å². The number of nitrogens with one attached hydrogen (secondary N) is 1. The summed E-state index contributed by atoms with van der Waals surface area (Å²) in [6, 6.07) is 0. The molecule has 114 valence electrons. The zero-order chi connectivity index (χ0) is 15.1. The predicted octanol–water partition coefficient (Wildman–Crippen LogP) is 2.20. The Morgan fingerprint density at radius 2 is 2.10 bits per heavy atom. The van der Waals surface area contributed by atoms with Gasteiger partial charge in [0, 0.05) is 31.3 Å².